The molecule has 0 aliphatic rings. The highest BCUT2D eigenvalue weighted by Crippen LogP contribution is 2.27. The number of carboxylic acid groups (broad SMARTS) is 1. The number of hydrogen-bond acceptors (Lipinski definition) is 3. The number of carbonyl (C=O) groups excluding carboxylic acids is 1. The molecule has 124 valence electrons. The Morgan fingerprint density at radius 2 is 1.48 bits per heavy atom. The van der Waals surface area contributed by atoms with E-state index in [2.05, 4.69) is 13.8 Å². The standard InChI is InChI=1S/C17H32O4/c1-4-7-9-10-11-13-14(12-8-5-2)15(16(18)19)17(20)21-6-3/h14-15H,4-13H2,1-3H3,(H,18,19). The van der Waals surface area contributed by atoms with Crippen LogP contribution in [0.3, 0.4) is 0 Å². The minimum Gasteiger partial charge on any atom is -0.481 e. The average Bonchev–Trinajstić information content (AvgIpc) is 2.44. The van der Waals surface area contributed by atoms with Gasteiger partial charge in [-0.3, -0.25) is 9.59 Å². The molecular weight excluding hydrogens is 268 g/mol. The largest absolute Gasteiger partial charge is 0.481 e. The molecule has 0 fully saturated rings. The monoisotopic (exact) mass is 300 g/mol. The molecule has 0 bridgehead atoms. The second-order valence-electron chi connectivity index (χ2n) is 5.67. The summed E-state index contributed by atoms with van der Waals surface area (Å²) in [5.74, 6) is -2.70. The van der Waals surface area contributed by atoms with Crippen molar-refractivity contribution in [1.82, 2.24) is 0 Å². The molecule has 2 unspecified atom stereocenters. The molecule has 2 atom stereocenters. The van der Waals surface area contributed by atoms with Gasteiger partial charge in [-0.05, 0) is 25.7 Å². The lowest BCUT2D eigenvalue weighted by molar-refractivity contribution is -0.161. The quantitative estimate of drug-likeness (QED) is 0.311. The molecule has 0 aromatic rings. The summed E-state index contributed by atoms with van der Waals surface area (Å²) in [7, 11) is 0. The van der Waals surface area contributed by atoms with Crippen molar-refractivity contribution in [3.8, 4) is 0 Å². The van der Waals surface area contributed by atoms with Gasteiger partial charge < -0.3 is 9.84 Å². The highest BCUT2D eigenvalue weighted by atomic mass is 16.5. The summed E-state index contributed by atoms with van der Waals surface area (Å²) in [6.07, 6.45) is 9.29. The first-order chi connectivity index (χ1) is 10.1. The van der Waals surface area contributed by atoms with Gasteiger partial charge in [0.05, 0.1) is 6.61 Å². The van der Waals surface area contributed by atoms with Crippen LogP contribution in [0, 0.1) is 11.8 Å². The maximum atomic E-state index is 11.9. The molecule has 0 aliphatic heterocycles. The van der Waals surface area contributed by atoms with Crippen LogP contribution in [0.1, 0.15) is 78.6 Å². The Bertz CT molecular complexity index is 289. The fraction of sp³-hybridized carbons (Fsp3) is 0.882. The third-order valence-electron chi connectivity index (χ3n) is 3.88. The SMILES string of the molecule is CCCCCCCC(CCCC)C(C(=O)O)C(=O)OCC. The van der Waals surface area contributed by atoms with E-state index in [9.17, 15) is 14.7 Å². The maximum absolute atomic E-state index is 11.9. The molecule has 21 heavy (non-hydrogen) atoms. The Balaban J connectivity index is 4.57. The molecule has 4 heteroatoms. The Morgan fingerprint density at radius 3 is 2.00 bits per heavy atom. The zero-order valence-corrected chi connectivity index (χ0v) is 13.9. The number of carboxylic acids is 1. The average molecular weight is 300 g/mol. The molecule has 0 heterocycles. The van der Waals surface area contributed by atoms with E-state index in [0.717, 1.165) is 38.5 Å². The van der Waals surface area contributed by atoms with Crippen LogP contribution in [-0.4, -0.2) is 23.7 Å². The van der Waals surface area contributed by atoms with Crippen molar-refractivity contribution >= 4 is 11.9 Å². The lowest BCUT2D eigenvalue weighted by Gasteiger charge is -2.22. The number of esters is 1. The van der Waals surface area contributed by atoms with Crippen molar-refractivity contribution < 1.29 is 19.4 Å². The molecule has 0 spiro atoms. The minimum absolute atomic E-state index is 0.0943. The van der Waals surface area contributed by atoms with Crippen molar-refractivity contribution in [3.63, 3.8) is 0 Å². The van der Waals surface area contributed by atoms with Crippen molar-refractivity contribution in [2.75, 3.05) is 6.61 Å². The third kappa shape index (κ3) is 8.74. The topological polar surface area (TPSA) is 63.6 Å². The summed E-state index contributed by atoms with van der Waals surface area (Å²) in [6.45, 7) is 6.20. The van der Waals surface area contributed by atoms with Gasteiger partial charge in [0.2, 0.25) is 0 Å². The van der Waals surface area contributed by atoms with E-state index in [0.29, 0.717) is 0 Å². The van der Waals surface area contributed by atoms with Crippen LogP contribution in [0.2, 0.25) is 0 Å². The number of unbranched alkanes of at least 4 members (excludes halogenated alkanes) is 5. The first-order valence-corrected chi connectivity index (χ1v) is 8.47. The van der Waals surface area contributed by atoms with Crippen molar-refractivity contribution in [3.05, 3.63) is 0 Å². The summed E-state index contributed by atoms with van der Waals surface area (Å²) in [5.41, 5.74) is 0. The Morgan fingerprint density at radius 1 is 0.905 bits per heavy atom. The fourth-order valence-corrected chi connectivity index (χ4v) is 2.68. The molecule has 4 nitrogen and oxygen atoms in total. The molecule has 0 amide bonds. The van der Waals surface area contributed by atoms with Crippen molar-refractivity contribution in [2.45, 2.75) is 78.6 Å². The molecule has 1 N–H and O–H groups in total. The van der Waals surface area contributed by atoms with E-state index in [1.165, 1.54) is 19.3 Å². The van der Waals surface area contributed by atoms with Crippen LogP contribution in [0.25, 0.3) is 0 Å². The molecule has 0 saturated heterocycles. The van der Waals surface area contributed by atoms with Gasteiger partial charge in [-0.1, -0.05) is 58.8 Å². The summed E-state index contributed by atoms with van der Waals surface area (Å²) in [6, 6.07) is 0. The van der Waals surface area contributed by atoms with Gasteiger partial charge in [0.1, 0.15) is 0 Å². The zero-order valence-electron chi connectivity index (χ0n) is 13.9. The number of ether oxygens (including phenoxy) is 1. The zero-order chi connectivity index (χ0) is 16.1. The summed E-state index contributed by atoms with van der Waals surface area (Å²) < 4.78 is 4.95. The van der Waals surface area contributed by atoms with E-state index >= 15 is 0 Å². The number of carbonyl (C=O) groups is 2. The number of aliphatic carboxylic acids is 1. The second-order valence-corrected chi connectivity index (χ2v) is 5.67. The first-order valence-electron chi connectivity index (χ1n) is 8.47. The van der Waals surface area contributed by atoms with Gasteiger partial charge in [0.25, 0.3) is 0 Å². The lowest BCUT2D eigenvalue weighted by Crippen LogP contribution is -2.33. The molecule has 0 aliphatic carbocycles. The van der Waals surface area contributed by atoms with Gasteiger partial charge >= 0.3 is 11.9 Å². The normalized spacial score (nSPS) is 13.7. The number of rotatable bonds is 13. The highest BCUT2D eigenvalue weighted by molar-refractivity contribution is 5.94. The molecule has 0 radical (unpaired) electrons. The molecule has 0 rings (SSSR count). The van der Waals surface area contributed by atoms with Gasteiger partial charge in [0.15, 0.2) is 5.92 Å². The van der Waals surface area contributed by atoms with Crippen LogP contribution in [-0.2, 0) is 14.3 Å². The summed E-state index contributed by atoms with van der Waals surface area (Å²) >= 11 is 0. The molecular formula is C17H32O4. The van der Waals surface area contributed by atoms with E-state index in [-0.39, 0.29) is 12.5 Å². The van der Waals surface area contributed by atoms with Crippen molar-refractivity contribution in [2.24, 2.45) is 11.8 Å². The Labute approximate surface area is 129 Å². The lowest BCUT2D eigenvalue weighted by atomic mass is 9.83. The third-order valence-corrected chi connectivity index (χ3v) is 3.88. The summed E-state index contributed by atoms with van der Waals surface area (Å²) in [5, 5.41) is 9.38. The molecule has 0 saturated carbocycles. The van der Waals surface area contributed by atoms with Crippen LogP contribution < -0.4 is 0 Å². The van der Waals surface area contributed by atoms with E-state index in [1.807, 2.05) is 0 Å². The molecule has 0 aromatic heterocycles. The molecule has 0 aromatic carbocycles. The second kappa shape index (κ2) is 12.7. The summed E-state index contributed by atoms with van der Waals surface area (Å²) in [4.78, 5) is 23.4. The van der Waals surface area contributed by atoms with Gasteiger partial charge in [0, 0.05) is 0 Å². The maximum Gasteiger partial charge on any atom is 0.320 e. The smallest absolute Gasteiger partial charge is 0.320 e. The van der Waals surface area contributed by atoms with Crippen molar-refractivity contribution in [1.29, 1.82) is 0 Å². The van der Waals surface area contributed by atoms with Crippen LogP contribution >= 0.6 is 0 Å². The minimum atomic E-state index is -1.04. The number of hydrogen-bond donors (Lipinski definition) is 1. The first kappa shape index (κ1) is 19.9. The Kier molecular flexibility index (Phi) is 12.0. The van der Waals surface area contributed by atoms with E-state index in [4.69, 9.17) is 4.74 Å². The van der Waals surface area contributed by atoms with Gasteiger partial charge in [-0.2, -0.15) is 0 Å². The van der Waals surface area contributed by atoms with Crippen LogP contribution in [0.4, 0.5) is 0 Å². The van der Waals surface area contributed by atoms with Gasteiger partial charge in [-0.15, -0.1) is 0 Å². The van der Waals surface area contributed by atoms with E-state index in [1.54, 1.807) is 6.92 Å². The Hall–Kier alpha value is -1.06. The van der Waals surface area contributed by atoms with E-state index < -0.39 is 17.9 Å². The highest BCUT2D eigenvalue weighted by Gasteiger charge is 2.35. The van der Waals surface area contributed by atoms with Crippen LogP contribution in [0.5, 0.6) is 0 Å². The predicted octanol–water partition coefficient (Wildman–Crippen LogP) is 4.42. The van der Waals surface area contributed by atoms with Gasteiger partial charge in [-0.25, -0.2) is 0 Å². The van der Waals surface area contributed by atoms with Crippen LogP contribution in [0.15, 0.2) is 0 Å². The predicted molar refractivity (Wildman–Crippen MR) is 84.1 cm³/mol. The fourth-order valence-electron chi connectivity index (χ4n) is 2.68.